The Balaban J connectivity index is 1.70. The Bertz CT molecular complexity index is 984. The lowest BCUT2D eigenvalue weighted by molar-refractivity contribution is -0.144. The van der Waals surface area contributed by atoms with Crippen molar-refractivity contribution < 1.29 is 13.2 Å². The smallest absolute Gasteiger partial charge is 0.399 e. The zero-order valence-electron chi connectivity index (χ0n) is 14.7. The number of nitrogens with two attached hydrogens (primary N) is 1. The van der Waals surface area contributed by atoms with E-state index in [-0.39, 0.29) is 0 Å². The number of aromatic nitrogens is 1. The summed E-state index contributed by atoms with van der Waals surface area (Å²) in [6, 6.07) is 15.7. The summed E-state index contributed by atoms with van der Waals surface area (Å²) >= 11 is 0. The summed E-state index contributed by atoms with van der Waals surface area (Å²) < 4.78 is 39.9. The molecule has 0 amide bonds. The van der Waals surface area contributed by atoms with Crippen LogP contribution in [0.4, 0.5) is 18.9 Å². The number of nitrogens with zero attached hydrogens (tertiary/aromatic N) is 2. The number of hydrogen-bond donors (Lipinski definition) is 1. The molecule has 0 unspecified atom stereocenters. The molecular weight excluding hydrogens is 351 g/mol. The molecule has 0 aliphatic carbocycles. The number of para-hydroxylation sites is 1. The van der Waals surface area contributed by atoms with Crippen molar-refractivity contribution in [2.75, 3.05) is 25.4 Å². The fourth-order valence-electron chi connectivity index (χ4n) is 3.64. The van der Waals surface area contributed by atoms with E-state index in [9.17, 15) is 13.2 Å². The van der Waals surface area contributed by atoms with E-state index in [1.807, 2.05) is 42.5 Å². The van der Waals surface area contributed by atoms with Gasteiger partial charge in [0.2, 0.25) is 0 Å². The van der Waals surface area contributed by atoms with E-state index >= 15 is 0 Å². The van der Waals surface area contributed by atoms with E-state index in [0.29, 0.717) is 25.2 Å². The number of anilines is 1. The summed E-state index contributed by atoms with van der Waals surface area (Å²) in [6.45, 7) is -0.132. The predicted octanol–water partition coefficient (Wildman–Crippen LogP) is 4.86. The molecule has 0 saturated heterocycles. The Kier molecular flexibility index (Phi) is 4.44. The molecule has 0 atom stereocenters. The average molecular weight is 371 g/mol. The maximum Gasteiger partial charge on any atom is 0.401 e. The summed E-state index contributed by atoms with van der Waals surface area (Å²) in [5, 5.41) is 1.10. The number of alkyl halides is 3. The number of halogens is 3. The highest BCUT2D eigenvalue weighted by molar-refractivity contribution is 5.94. The Morgan fingerprint density at radius 3 is 2.41 bits per heavy atom. The molecule has 2 heterocycles. The second kappa shape index (κ2) is 6.78. The highest BCUT2D eigenvalue weighted by atomic mass is 19.4. The zero-order chi connectivity index (χ0) is 19.0. The van der Waals surface area contributed by atoms with Crippen molar-refractivity contribution in [3.63, 3.8) is 0 Å². The fourth-order valence-corrected chi connectivity index (χ4v) is 3.64. The van der Waals surface area contributed by atoms with Crippen molar-refractivity contribution >= 4 is 22.2 Å². The van der Waals surface area contributed by atoms with Gasteiger partial charge in [-0.1, -0.05) is 24.3 Å². The van der Waals surface area contributed by atoms with Gasteiger partial charge in [0.1, 0.15) is 0 Å². The minimum atomic E-state index is -4.16. The van der Waals surface area contributed by atoms with E-state index in [0.717, 1.165) is 27.7 Å². The molecule has 2 N–H and O–H groups in total. The quantitative estimate of drug-likeness (QED) is 0.667. The van der Waals surface area contributed by atoms with Gasteiger partial charge >= 0.3 is 6.18 Å². The molecule has 1 aliphatic rings. The topological polar surface area (TPSA) is 34.2 Å². The number of hydrogen-bond acceptors (Lipinski definition) is 2. The van der Waals surface area contributed by atoms with Crippen LogP contribution in [0.2, 0.25) is 0 Å². The average Bonchev–Trinajstić information content (AvgIpc) is 3.02. The highest BCUT2D eigenvalue weighted by Gasteiger charge is 2.31. The van der Waals surface area contributed by atoms with Gasteiger partial charge in [0.25, 0.3) is 0 Å². The van der Waals surface area contributed by atoms with Crippen LogP contribution in [-0.4, -0.2) is 35.3 Å². The van der Waals surface area contributed by atoms with Crippen LogP contribution in [0.25, 0.3) is 22.2 Å². The first-order valence-electron chi connectivity index (χ1n) is 8.85. The zero-order valence-corrected chi connectivity index (χ0v) is 14.7. The van der Waals surface area contributed by atoms with Crippen LogP contribution in [0.3, 0.4) is 0 Å². The number of fused-ring (bicyclic) bond motifs is 1. The molecule has 2 aromatic carbocycles. The van der Waals surface area contributed by atoms with Crippen molar-refractivity contribution in [2.45, 2.75) is 12.6 Å². The molecule has 3 nitrogen and oxygen atoms in total. The van der Waals surface area contributed by atoms with Crippen molar-refractivity contribution in [3.8, 4) is 5.69 Å². The second-order valence-corrected chi connectivity index (χ2v) is 6.85. The van der Waals surface area contributed by atoms with Crippen LogP contribution < -0.4 is 5.73 Å². The van der Waals surface area contributed by atoms with Gasteiger partial charge in [-0.3, -0.25) is 4.90 Å². The molecule has 0 saturated carbocycles. The molecule has 6 heteroatoms. The molecule has 4 rings (SSSR count). The molecule has 0 spiro atoms. The largest absolute Gasteiger partial charge is 0.401 e. The van der Waals surface area contributed by atoms with Crippen molar-refractivity contribution in [1.82, 2.24) is 9.47 Å². The Morgan fingerprint density at radius 2 is 1.74 bits per heavy atom. The molecule has 0 radical (unpaired) electrons. The van der Waals surface area contributed by atoms with Crippen molar-refractivity contribution in [3.05, 3.63) is 66.4 Å². The lowest BCUT2D eigenvalue weighted by atomic mass is 9.99. The lowest BCUT2D eigenvalue weighted by Gasteiger charge is -2.27. The first-order valence-corrected chi connectivity index (χ1v) is 8.85. The maximum absolute atomic E-state index is 12.6. The molecule has 1 aliphatic heterocycles. The summed E-state index contributed by atoms with van der Waals surface area (Å²) in [5.74, 6) is 0. The third-order valence-corrected chi connectivity index (χ3v) is 4.93. The summed E-state index contributed by atoms with van der Waals surface area (Å²) in [4.78, 5) is 1.43. The molecule has 27 heavy (non-hydrogen) atoms. The van der Waals surface area contributed by atoms with E-state index in [1.54, 1.807) is 0 Å². The van der Waals surface area contributed by atoms with Crippen LogP contribution in [0.5, 0.6) is 0 Å². The van der Waals surface area contributed by atoms with Gasteiger partial charge in [0.15, 0.2) is 0 Å². The van der Waals surface area contributed by atoms with Gasteiger partial charge in [-0.05, 0) is 42.3 Å². The first-order chi connectivity index (χ1) is 12.9. The molecule has 0 fully saturated rings. The Morgan fingerprint density at radius 1 is 1.00 bits per heavy atom. The predicted molar refractivity (Wildman–Crippen MR) is 103 cm³/mol. The number of rotatable bonds is 3. The van der Waals surface area contributed by atoms with E-state index in [2.05, 4.69) is 22.9 Å². The summed E-state index contributed by atoms with van der Waals surface area (Å²) in [7, 11) is 0. The van der Waals surface area contributed by atoms with Crippen molar-refractivity contribution in [1.29, 1.82) is 0 Å². The SMILES string of the molecule is Nc1ccc(-n2cc(C3=CCN(CC(F)(F)F)CC3)c3ccccc32)cc1. The summed E-state index contributed by atoms with van der Waals surface area (Å²) in [6.07, 6.45) is 0.439. The van der Waals surface area contributed by atoms with Gasteiger partial charge in [0, 0.05) is 41.6 Å². The van der Waals surface area contributed by atoms with Crippen LogP contribution in [-0.2, 0) is 0 Å². The Labute approximate surface area is 155 Å². The van der Waals surface area contributed by atoms with Gasteiger partial charge in [0.05, 0.1) is 12.1 Å². The minimum Gasteiger partial charge on any atom is -0.399 e. The molecule has 3 aromatic rings. The van der Waals surface area contributed by atoms with Crippen molar-refractivity contribution in [2.24, 2.45) is 0 Å². The Hall–Kier alpha value is -2.73. The lowest BCUT2D eigenvalue weighted by Crippen LogP contribution is -2.36. The highest BCUT2D eigenvalue weighted by Crippen LogP contribution is 2.33. The molecule has 1 aromatic heterocycles. The standard InChI is InChI=1S/C21H20F3N3/c22-21(23,24)14-26-11-9-15(10-12-26)19-13-27(17-7-5-16(25)6-8-17)20-4-2-1-3-18(19)20/h1-9,13H,10-12,14,25H2. The number of nitrogen functional groups attached to an aromatic ring is 1. The molecule has 140 valence electrons. The second-order valence-electron chi connectivity index (χ2n) is 6.85. The van der Waals surface area contributed by atoms with Crippen LogP contribution in [0, 0.1) is 0 Å². The fraction of sp³-hybridized carbons (Fsp3) is 0.238. The maximum atomic E-state index is 12.6. The monoisotopic (exact) mass is 371 g/mol. The molecular formula is C21H20F3N3. The van der Waals surface area contributed by atoms with E-state index in [4.69, 9.17) is 5.73 Å². The van der Waals surface area contributed by atoms with Crippen LogP contribution in [0.15, 0.2) is 60.8 Å². The normalized spacial score (nSPS) is 15.9. The molecule has 0 bridgehead atoms. The van der Waals surface area contributed by atoms with Crippen LogP contribution in [0.1, 0.15) is 12.0 Å². The van der Waals surface area contributed by atoms with Gasteiger partial charge < -0.3 is 10.3 Å². The first kappa shape index (κ1) is 17.7. The number of benzene rings is 2. The summed E-state index contributed by atoms with van der Waals surface area (Å²) in [5.41, 5.74) is 10.7. The van der Waals surface area contributed by atoms with Gasteiger partial charge in [-0.15, -0.1) is 0 Å². The third-order valence-electron chi connectivity index (χ3n) is 4.93. The van der Waals surface area contributed by atoms with Gasteiger partial charge in [-0.25, -0.2) is 0 Å². The van der Waals surface area contributed by atoms with Gasteiger partial charge in [-0.2, -0.15) is 13.2 Å². The van der Waals surface area contributed by atoms with E-state index < -0.39 is 12.7 Å². The third kappa shape index (κ3) is 3.71. The van der Waals surface area contributed by atoms with Crippen LogP contribution >= 0.6 is 0 Å². The minimum absolute atomic E-state index is 0.316. The van der Waals surface area contributed by atoms with E-state index in [1.165, 1.54) is 4.90 Å².